The lowest BCUT2D eigenvalue weighted by atomic mass is 10.2. The number of ether oxygens (including phenoxy) is 1. The van der Waals surface area contributed by atoms with Crippen LogP contribution in [0.5, 0.6) is 5.75 Å². The van der Waals surface area contributed by atoms with Gasteiger partial charge in [0.15, 0.2) is 5.65 Å². The number of aromatic amines is 1. The van der Waals surface area contributed by atoms with E-state index in [1.54, 1.807) is 25.1 Å². The van der Waals surface area contributed by atoms with Gasteiger partial charge < -0.3 is 9.72 Å². The number of hydrogen-bond donors (Lipinski definition) is 1. The highest BCUT2D eigenvalue weighted by molar-refractivity contribution is 7.98. The highest BCUT2D eigenvalue weighted by Gasteiger charge is 2.11. The summed E-state index contributed by atoms with van der Waals surface area (Å²) in [5, 5.41) is 0. The second-order valence-electron chi connectivity index (χ2n) is 4.03. The smallest absolute Gasteiger partial charge is 0.178 e. The van der Waals surface area contributed by atoms with Crippen molar-refractivity contribution in [3.63, 3.8) is 0 Å². The third-order valence-corrected chi connectivity index (χ3v) is 3.65. The SMILES string of the molecule is COc1cc(SC)ccc1-c1nc2ncccc2[nH]1.Cl. The van der Waals surface area contributed by atoms with Crippen molar-refractivity contribution in [2.24, 2.45) is 0 Å². The zero-order valence-corrected chi connectivity index (χ0v) is 12.7. The van der Waals surface area contributed by atoms with Crippen LogP contribution in [0.3, 0.4) is 0 Å². The number of nitrogens with zero attached hydrogens (tertiary/aromatic N) is 2. The van der Waals surface area contributed by atoms with Crippen LogP contribution < -0.4 is 4.74 Å². The van der Waals surface area contributed by atoms with Crippen molar-refractivity contribution in [3.8, 4) is 17.1 Å². The molecule has 0 bridgehead atoms. The van der Waals surface area contributed by atoms with E-state index in [1.807, 2.05) is 30.5 Å². The monoisotopic (exact) mass is 307 g/mol. The number of aromatic nitrogens is 3. The van der Waals surface area contributed by atoms with Gasteiger partial charge in [-0.05, 0) is 36.6 Å². The summed E-state index contributed by atoms with van der Waals surface area (Å²) in [4.78, 5) is 13.1. The maximum atomic E-state index is 5.44. The van der Waals surface area contributed by atoms with Gasteiger partial charge in [-0.25, -0.2) is 9.97 Å². The Morgan fingerprint density at radius 3 is 2.80 bits per heavy atom. The average Bonchev–Trinajstić information content (AvgIpc) is 2.90. The molecule has 0 aliphatic carbocycles. The van der Waals surface area contributed by atoms with Crippen molar-refractivity contribution >= 4 is 35.3 Å². The Morgan fingerprint density at radius 1 is 1.25 bits per heavy atom. The minimum Gasteiger partial charge on any atom is -0.496 e. The van der Waals surface area contributed by atoms with Gasteiger partial charge in [0.25, 0.3) is 0 Å². The molecule has 0 saturated carbocycles. The van der Waals surface area contributed by atoms with Gasteiger partial charge in [0.05, 0.1) is 18.2 Å². The second-order valence-corrected chi connectivity index (χ2v) is 4.91. The third kappa shape index (κ3) is 2.59. The summed E-state index contributed by atoms with van der Waals surface area (Å²) >= 11 is 1.68. The van der Waals surface area contributed by atoms with Crippen LogP contribution in [0, 0.1) is 0 Å². The summed E-state index contributed by atoms with van der Waals surface area (Å²) in [6, 6.07) is 9.94. The van der Waals surface area contributed by atoms with Crippen LogP contribution in [0.15, 0.2) is 41.4 Å². The molecule has 0 unspecified atom stereocenters. The number of benzene rings is 1. The number of methoxy groups -OCH3 is 1. The minimum absolute atomic E-state index is 0. The second kappa shape index (κ2) is 6.15. The molecule has 2 heterocycles. The first-order valence-electron chi connectivity index (χ1n) is 5.85. The number of thioether (sulfide) groups is 1. The number of imidazole rings is 1. The normalized spacial score (nSPS) is 10.3. The van der Waals surface area contributed by atoms with Crippen molar-refractivity contribution in [2.45, 2.75) is 4.90 Å². The largest absolute Gasteiger partial charge is 0.496 e. The Bertz CT molecular complexity index is 696. The van der Waals surface area contributed by atoms with Crippen LogP contribution in [0.2, 0.25) is 0 Å². The molecule has 1 aromatic carbocycles. The lowest BCUT2D eigenvalue weighted by Gasteiger charge is -2.07. The van der Waals surface area contributed by atoms with Gasteiger partial charge in [-0.15, -0.1) is 24.2 Å². The van der Waals surface area contributed by atoms with Crippen molar-refractivity contribution in [3.05, 3.63) is 36.5 Å². The van der Waals surface area contributed by atoms with E-state index in [1.165, 1.54) is 0 Å². The van der Waals surface area contributed by atoms with Crippen molar-refractivity contribution in [1.82, 2.24) is 15.0 Å². The highest BCUT2D eigenvalue weighted by Crippen LogP contribution is 2.32. The average molecular weight is 308 g/mol. The van der Waals surface area contributed by atoms with E-state index < -0.39 is 0 Å². The molecule has 2 aromatic heterocycles. The number of nitrogens with one attached hydrogen (secondary N) is 1. The number of hydrogen-bond acceptors (Lipinski definition) is 4. The lowest BCUT2D eigenvalue weighted by Crippen LogP contribution is -1.89. The first kappa shape index (κ1) is 14.7. The zero-order valence-electron chi connectivity index (χ0n) is 11.1. The fourth-order valence-electron chi connectivity index (χ4n) is 1.97. The molecule has 0 atom stereocenters. The van der Waals surface area contributed by atoms with E-state index >= 15 is 0 Å². The molecule has 0 radical (unpaired) electrons. The van der Waals surface area contributed by atoms with Gasteiger partial charge in [-0.2, -0.15) is 0 Å². The lowest BCUT2D eigenvalue weighted by molar-refractivity contribution is 0.415. The molecule has 0 spiro atoms. The number of rotatable bonds is 3. The predicted octanol–water partition coefficient (Wildman–Crippen LogP) is 3.78. The van der Waals surface area contributed by atoms with Crippen LogP contribution in [-0.4, -0.2) is 28.3 Å². The van der Waals surface area contributed by atoms with Gasteiger partial charge in [-0.3, -0.25) is 0 Å². The van der Waals surface area contributed by atoms with E-state index in [-0.39, 0.29) is 12.4 Å². The molecule has 0 amide bonds. The summed E-state index contributed by atoms with van der Waals surface area (Å²) < 4.78 is 5.44. The maximum Gasteiger partial charge on any atom is 0.178 e. The molecule has 20 heavy (non-hydrogen) atoms. The Labute approximate surface area is 127 Å². The van der Waals surface area contributed by atoms with Crippen LogP contribution in [0.1, 0.15) is 0 Å². The van der Waals surface area contributed by atoms with Crippen LogP contribution >= 0.6 is 24.2 Å². The summed E-state index contributed by atoms with van der Waals surface area (Å²) in [6.07, 6.45) is 3.78. The first-order chi connectivity index (χ1) is 9.31. The van der Waals surface area contributed by atoms with Crippen LogP contribution in [0.4, 0.5) is 0 Å². The Morgan fingerprint density at radius 2 is 2.10 bits per heavy atom. The molecule has 0 aliphatic heterocycles. The molecule has 4 nitrogen and oxygen atoms in total. The zero-order chi connectivity index (χ0) is 13.2. The van der Waals surface area contributed by atoms with Crippen molar-refractivity contribution in [1.29, 1.82) is 0 Å². The molecule has 1 N–H and O–H groups in total. The maximum absolute atomic E-state index is 5.44. The molecule has 0 aliphatic rings. The highest BCUT2D eigenvalue weighted by atomic mass is 35.5. The summed E-state index contributed by atoms with van der Waals surface area (Å²) in [5.74, 6) is 1.59. The molecular formula is C14H14ClN3OS. The van der Waals surface area contributed by atoms with E-state index in [2.05, 4.69) is 21.0 Å². The summed E-state index contributed by atoms with van der Waals surface area (Å²) in [6.45, 7) is 0. The molecule has 0 fully saturated rings. The third-order valence-electron chi connectivity index (χ3n) is 2.92. The minimum atomic E-state index is 0. The molecular weight excluding hydrogens is 294 g/mol. The first-order valence-corrected chi connectivity index (χ1v) is 7.07. The molecule has 3 aromatic rings. The topological polar surface area (TPSA) is 50.8 Å². The van der Waals surface area contributed by atoms with Gasteiger partial charge in [0.1, 0.15) is 11.6 Å². The van der Waals surface area contributed by atoms with Gasteiger partial charge in [0, 0.05) is 11.1 Å². The Kier molecular flexibility index (Phi) is 4.52. The van der Waals surface area contributed by atoms with Crippen molar-refractivity contribution in [2.75, 3.05) is 13.4 Å². The van der Waals surface area contributed by atoms with Crippen LogP contribution in [0.25, 0.3) is 22.6 Å². The molecule has 6 heteroatoms. The van der Waals surface area contributed by atoms with E-state index in [9.17, 15) is 0 Å². The quantitative estimate of drug-likeness (QED) is 0.748. The molecule has 0 saturated heterocycles. The molecule has 104 valence electrons. The fourth-order valence-corrected chi connectivity index (χ4v) is 2.40. The number of fused-ring (bicyclic) bond motifs is 1. The summed E-state index contributed by atoms with van der Waals surface area (Å²) in [7, 11) is 1.67. The number of halogens is 1. The predicted molar refractivity (Wildman–Crippen MR) is 84.9 cm³/mol. The number of pyridine rings is 1. The van der Waals surface area contributed by atoms with Gasteiger partial charge in [0.2, 0.25) is 0 Å². The van der Waals surface area contributed by atoms with Gasteiger partial charge >= 0.3 is 0 Å². The fraction of sp³-hybridized carbons (Fsp3) is 0.143. The van der Waals surface area contributed by atoms with E-state index in [0.29, 0.717) is 5.65 Å². The molecule has 3 rings (SSSR count). The van der Waals surface area contributed by atoms with E-state index in [0.717, 1.165) is 27.5 Å². The van der Waals surface area contributed by atoms with Crippen LogP contribution in [-0.2, 0) is 0 Å². The van der Waals surface area contributed by atoms with Crippen molar-refractivity contribution < 1.29 is 4.74 Å². The Balaban J connectivity index is 0.00000147. The standard InChI is InChI=1S/C14H13N3OS.ClH/c1-18-12-8-9(19-2)5-6-10(12)13-16-11-4-3-7-15-14(11)17-13;/h3-8H,1-2H3,(H,15,16,17);1H. The van der Waals surface area contributed by atoms with E-state index in [4.69, 9.17) is 4.74 Å². The Hall–Kier alpha value is -1.72. The summed E-state index contributed by atoms with van der Waals surface area (Å²) in [5.41, 5.74) is 2.58. The van der Waals surface area contributed by atoms with Gasteiger partial charge in [-0.1, -0.05) is 0 Å². The number of H-pyrrole nitrogens is 1.